The molecule has 114 valence electrons. The van der Waals surface area contributed by atoms with E-state index in [1.54, 1.807) is 6.07 Å². The summed E-state index contributed by atoms with van der Waals surface area (Å²) in [6, 6.07) is 6.75. The third-order valence-electron chi connectivity index (χ3n) is 3.48. The van der Waals surface area contributed by atoms with Gasteiger partial charge in [-0.1, -0.05) is 24.6 Å². The first kappa shape index (κ1) is 16.0. The smallest absolute Gasteiger partial charge is 0.124 e. The molecule has 1 aromatic heterocycles. The molecule has 1 heterocycles. The van der Waals surface area contributed by atoms with Gasteiger partial charge < -0.3 is 5.32 Å². The first-order chi connectivity index (χ1) is 10.0. The summed E-state index contributed by atoms with van der Waals surface area (Å²) in [5, 5.41) is 8.39. The van der Waals surface area contributed by atoms with Crippen molar-refractivity contribution < 1.29 is 4.39 Å². The molecular formula is C16H21ClFN3. The number of nitrogens with one attached hydrogen (secondary N) is 1. The molecule has 0 radical (unpaired) electrons. The van der Waals surface area contributed by atoms with Crippen molar-refractivity contribution in [1.82, 2.24) is 15.1 Å². The lowest BCUT2D eigenvalue weighted by atomic mass is 10.0. The fraction of sp³-hybridized carbons (Fsp3) is 0.438. The minimum atomic E-state index is -0.307. The lowest BCUT2D eigenvalue weighted by Gasteiger charge is -2.19. The number of hydrogen-bond acceptors (Lipinski definition) is 2. The molecule has 0 bridgehead atoms. The van der Waals surface area contributed by atoms with Gasteiger partial charge in [-0.3, -0.25) is 4.68 Å². The summed E-state index contributed by atoms with van der Waals surface area (Å²) < 4.78 is 15.1. The van der Waals surface area contributed by atoms with Crippen molar-refractivity contribution in [3.05, 3.63) is 52.1 Å². The molecular weight excluding hydrogens is 289 g/mol. The number of aromatic nitrogens is 2. The predicted octanol–water partition coefficient (Wildman–Crippen LogP) is 3.80. The highest BCUT2D eigenvalue weighted by Crippen LogP contribution is 2.24. The van der Waals surface area contributed by atoms with Crippen molar-refractivity contribution in [2.24, 2.45) is 7.05 Å². The second-order valence-corrected chi connectivity index (χ2v) is 5.69. The van der Waals surface area contributed by atoms with Crippen LogP contribution in [0.1, 0.15) is 36.3 Å². The molecule has 0 amide bonds. The van der Waals surface area contributed by atoms with Crippen molar-refractivity contribution >= 4 is 11.6 Å². The van der Waals surface area contributed by atoms with Crippen LogP contribution in [0.4, 0.5) is 4.39 Å². The molecule has 1 unspecified atom stereocenters. The molecule has 0 fully saturated rings. The number of nitrogens with zero attached hydrogens (tertiary/aromatic N) is 2. The maximum atomic E-state index is 13.2. The Balaban J connectivity index is 2.26. The topological polar surface area (TPSA) is 29.9 Å². The molecule has 3 nitrogen and oxygen atoms in total. The zero-order valence-corrected chi connectivity index (χ0v) is 13.4. The van der Waals surface area contributed by atoms with Gasteiger partial charge in [-0.2, -0.15) is 5.10 Å². The van der Waals surface area contributed by atoms with Gasteiger partial charge in [0.2, 0.25) is 0 Å². The van der Waals surface area contributed by atoms with Crippen LogP contribution in [0.5, 0.6) is 0 Å². The Bertz CT molecular complexity index is 610. The van der Waals surface area contributed by atoms with Gasteiger partial charge in [0.25, 0.3) is 0 Å². The molecule has 0 aliphatic rings. The van der Waals surface area contributed by atoms with Crippen molar-refractivity contribution in [1.29, 1.82) is 0 Å². The van der Waals surface area contributed by atoms with E-state index in [1.165, 1.54) is 12.1 Å². The van der Waals surface area contributed by atoms with E-state index in [1.807, 2.05) is 18.7 Å². The summed E-state index contributed by atoms with van der Waals surface area (Å²) in [4.78, 5) is 0. The molecule has 0 spiro atoms. The molecule has 0 saturated carbocycles. The van der Waals surface area contributed by atoms with Crippen LogP contribution in [-0.4, -0.2) is 16.3 Å². The Morgan fingerprint density at radius 3 is 2.71 bits per heavy atom. The average Bonchev–Trinajstić information content (AvgIpc) is 2.76. The minimum absolute atomic E-state index is 0.110. The molecule has 1 N–H and O–H groups in total. The summed E-state index contributed by atoms with van der Waals surface area (Å²) in [5.74, 6) is -0.307. The lowest BCUT2D eigenvalue weighted by molar-refractivity contribution is 0.493. The van der Waals surface area contributed by atoms with Gasteiger partial charge in [-0.05, 0) is 50.1 Å². The van der Waals surface area contributed by atoms with Gasteiger partial charge in [0, 0.05) is 12.1 Å². The quantitative estimate of drug-likeness (QED) is 0.879. The van der Waals surface area contributed by atoms with Crippen molar-refractivity contribution in [2.45, 2.75) is 32.7 Å². The zero-order valence-electron chi connectivity index (χ0n) is 12.7. The second-order valence-electron chi connectivity index (χ2n) is 5.28. The van der Waals surface area contributed by atoms with E-state index in [4.69, 9.17) is 11.6 Å². The van der Waals surface area contributed by atoms with Crippen molar-refractivity contribution in [2.75, 3.05) is 6.54 Å². The predicted molar refractivity (Wildman–Crippen MR) is 84.1 cm³/mol. The van der Waals surface area contributed by atoms with E-state index in [2.05, 4.69) is 23.4 Å². The molecule has 0 aliphatic heterocycles. The van der Waals surface area contributed by atoms with E-state index in [9.17, 15) is 4.39 Å². The number of aryl methyl sites for hydroxylation is 2. The van der Waals surface area contributed by atoms with Gasteiger partial charge in [0.05, 0.1) is 17.4 Å². The molecule has 0 saturated heterocycles. The summed E-state index contributed by atoms with van der Waals surface area (Å²) in [7, 11) is 1.94. The van der Waals surface area contributed by atoms with Gasteiger partial charge in [-0.25, -0.2) is 4.39 Å². The van der Waals surface area contributed by atoms with Crippen LogP contribution >= 0.6 is 11.6 Å². The maximum absolute atomic E-state index is 13.2. The fourth-order valence-electron chi connectivity index (χ4n) is 2.46. The highest BCUT2D eigenvalue weighted by Gasteiger charge is 2.17. The monoisotopic (exact) mass is 309 g/mol. The van der Waals surface area contributed by atoms with E-state index >= 15 is 0 Å². The lowest BCUT2D eigenvalue weighted by Crippen LogP contribution is -2.26. The number of halogens is 2. The normalized spacial score (nSPS) is 12.6. The zero-order chi connectivity index (χ0) is 15.4. The first-order valence-corrected chi connectivity index (χ1v) is 7.57. The highest BCUT2D eigenvalue weighted by atomic mass is 35.5. The second kappa shape index (κ2) is 7.05. The van der Waals surface area contributed by atoms with Crippen LogP contribution < -0.4 is 5.32 Å². The molecule has 2 rings (SSSR count). The summed E-state index contributed by atoms with van der Waals surface area (Å²) >= 11 is 6.15. The van der Waals surface area contributed by atoms with E-state index in [0.29, 0.717) is 11.4 Å². The van der Waals surface area contributed by atoms with Gasteiger partial charge >= 0.3 is 0 Å². The van der Waals surface area contributed by atoms with Crippen LogP contribution in [0.3, 0.4) is 0 Å². The van der Waals surface area contributed by atoms with Crippen LogP contribution in [0.2, 0.25) is 5.02 Å². The standard InChI is InChI=1S/C16H21ClFN3/c1-4-7-19-15(16-8-11(2)20-21(16)3)9-12-5-6-13(18)10-14(12)17/h5-6,8,10,15,19H,4,7,9H2,1-3H3. The Morgan fingerprint density at radius 1 is 1.38 bits per heavy atom. The van der Waals surface area contributed by atoms with Crippen LogP contribution in [0.15, 0.2) is 24.3 Å². The molecule has 5 heteroatoms. The van der Waals surface area contributed by atoms with Crippen LogP contribution in [0.25, 0.3) is 0 Å². The SMILES string of the molecule is CCCNC(Cc1ccc(F)cc1Cl)c1cc(C)nn1C. The van der Waals surface area contributed by atoms with Gasteiger partial charge in [-0.15, -0.1) is 0 Å². The number of rotatable bonds is 6. The largest absolute Gasteiger partial charge is 0.308 e. The number of hydrogen-bond donors (Lipinski definition) is 1. The molecule has 2 aromatic rings. The Kier molecular flexibility index (Phi) is 5.37. The minimum Gasteiger partial charge on any atom is -0.308 e. The highest BCUT2D eigenvalue weighted by molar-refractivity contribution is 6.31. The van der Waals surface area contributed by atoms with Gasteiger partial charge in [0.15, 0.2) is 0 Å². The summed E-state index contributed by atoms with van der Waals surface area (Å²) in [5.41, 5.74) is 3.04. The van der Waals surface area contributed by atoms with E-state index in [0.717, 1.165) is 29.9 Å². The molecule has 21 heavy (non-hydrogen) atoms. The molecule has 1 atom stereocenters. The Labute approximate surface area is 130 Å². The third kappa shape index (κ3) is 4.05. The summed E-state index contributed by atoms with van der Waals surface area (Å²) in [6.07, 6.45) is 1.75. The average molecular weight is 310 g/mol. The summed E-state index contributed by atoms with van der Waals surface area (Å²) in [6.45, 7) is 5.02. The number of benzene rings is 1. The Morgan fingerprint density at radius 2 is 2.14 bits per heavy atom. The van der Waals surface area contributed by atoms with Crippen LogP contribution in [-0.2, 0) is 13.5 Å². The fourth-order valence-corrected chi connectivity index (χ4v) is 2.71. The van der Waals surface area contributed by atoms with Crippen molar-refractivity contribution in [3.8, 4) is 0 Å². The Hall–Kier alpha value is -1.39. The van der Waals surface area contributed by atoms with Crippen molar-refractivity contribution in [3.63, 3.8) is 0 Å². The molecule has 0 aliphatic carbocycles. The van der Waals surface area contributed by atoms with Crippen LogP contribution in [0, 0.1) is 12.7 Å². The van der Waals surface area contributed by atoms with E-state index < -0.39 is 0 Å². The maximum Gasteiger partial charge on any atom is 0.124 e. The van der Waals surface area contributed by atoms with Gasteiger partial charge in [0.1, 0.15) is 5.82 Å². The third-order valence-corrected chi connectivity index (χ3v) is 3.83. The molecule has 1 aromatic carbocycles. The van der Waals surface area contributed by atoms with E-state index in [-0.39, 0.29) is 11.9 Å². The first-order valence-electron chi connectivity index (χ1n) is 7.19.